The SMILES string of the molecule is CS(=O)(=O)N1CCOC(CNc2nc(N)nc3c2CCNCC3)C1. The first-order valence-electron chi connectivity index (χ1n) is 8.10. The highest BCUT2D eigenvalue weighted by molar-refractivity contribution is 7.88. The lowest BCUT2D eigenvalue weighted by atomic mass is 10.1. The fourth-order valence-electron chi connectivity index (χ4n) is 3.04. The summed E-state index contributed by atoms with van der Waals surface area (Å²) >= 11 is 0. The summed E-state index contributed by atoms with van der Waals surface area (Å²) in [5.41, 5.74) is 7.86. The van der Waals surface area contributed by atoms with E-state index in [0.29, 0.717) is 26.2 Å². The van der Waals surface area contributed by atoms with Gasteiger partial charge >= 0.3 is 0 Å². The number of nitrogens with two attached hydrogens (primary N) is 1. The maximum atomic E-state index is 11.7. The largest absolute Gasteiger partial charge is 0.374 e. The van der Waals surface area contributed by atoms with Crippen LogP contribution in [0.3, 0.4) is 0 Å². The van der Waals surface area contributed by atoms with Crippen LogP contribution in [-0.4, -0.2) is 74.4 Å². The summed E-state index contributed by atoms with van der Waals surface area (Å²) in [4.78, 5) is 8.66. The number of ether oxygens (including phenoxy) is 1. The molecular formula is C14H24N6O3S. The van der Waals surface area contributed by atoms with E-state index in [-0.39, 0.29) is 12.1 Å². The van der Waals surface area contributed by atoms with E-state index < -0.39 is 10.0 Å². The van der Waals surface area contributed by atoms with Crippen LogP contribution in [0.25, 0.3) is 0 Å². The molecule has 2 aliphatic heterocycles. The molecule has 0 spiro atoms. The lowest BCUT2D eigenvalue weighted by Crippen LogP contribution is -2.47. The summed E-state index contributed by atoms with van der Waals surface area (Å²) in [7, 11) is -3.20. The number of nitrogens with zero attached hydrogens (tertiary/aromatic N) is 3. The molecule has 3 heterocycles. The van der Waals surface area contributed by atoms with Gasteiger partial charge in [0.1, 0.15) is 5.82 Å². The number of aromatic nitrogens is 2. The minimum absolute atomic E-state index is 0.218. The van der Waals surface area contributed by atoms with Crippen molar-refractivity contribution in [1.29, 1.82) is 0 Å². The summed E-state index contributed by atoms with van der Waals surface area (Å²) in [5.74, 6) is 0.974. The van der Waals surface area contributed by atoms with Crippen molar-refractivity contribution in [3.63, 3.8) is 0 Å². The van der Waals surface area contributed by atoms with Crippen molar-refractivity contribution < 1.29 is 13.2 Å². The van der Waals surface area contributed by atoms with E-state index in [1.165, 1.54) is 10.6 Å². The molecule has 3 rings (SSSR count). The van der Waals surface area contributed by atoms with Gasteiger partial charge in [0.05, 0.1) is 24.7 Å². The molecule has 9 nitrogen and oxygen atoms in total. The van der Waals surface area contributed by atoms with Crippen LogP contribution in [0.5, 0.6) is 0 Å². The number of nitrogens with one attached hydrogen (secondary N) is 2. The second kappa shape index (κ2) is 7.18. The second-order valence-corrected chi connectivity index (χ2v) is 8.08. The first kappa shape index (κ1) is 17.3. The Morgan fingerprint density at radius 3 is 2.96 bits per heavy atom. The number of hydrogen-bond donors (Lipinski definition) is 3. The quantitative estimate of drug-likeness (QED) is 0.616. The third-order valence-corrected chi connectivity index (χ3v) is 5.54. The number of rotatable bonds is 4. The van der Waals surface area contributed by atoms with Crippen molar-refractivity contribution in [1.82, 2.24) is 19.6 Å². The highest BCUT2D eigenvalue weighted by Crippen LogP contribution is 2.21. The minimum atomic E-state index is -3.20. The fraction of sp³-hybridized carbons (Fsp3) is 0.714. The van der Waals surface area contributed by atoms with Crippen LogP contribution >= 0.6 is 0 Å². The van der Waals surface area contributed by atoms with E-state index in [9.17, 15) is 8.42 Å². The van der Waals surface area contributed by atoms with Gasteiger partial charge in [-0.1, -0.05) is 0 Å². The fourth-order valence-corrected chi connectivity index (χ4v) is 3.88. The maximum absolute atomic E-state index is 11.7. The highest BCUT2D eigenvalue weighted by Gasteiger charge is 2.27. The highest BCUT2D eigenvalue weighted by atomic mass is 32.2. The van der Waals surface area contributed by atoms with Crippen LogP contribution < -0.4 is 16.4 Å². The second-order valence-electron chi connectivity index (χ2n) is 6.10. The van der Waals surface area contributed by atoms with Crippen LogP contribution in [0.4, 0.5) is 11.8 Å². The van der Waals surface area contributed by atoms with Crippen molar-refractivity contribution in [2.45, 2.75) is 18.9 Å². The molecule has 0 bridgehead atoms. The standard InChI is InChI=1S/C14H24N6O3S/c1-24(21,22)20-6-7-23-10(9-20)8-17-13-11-2-4-16-5-3-12(11)18-14(15)19-13/h10,16H,2-9H2,1H3,(H3,15,17,18,19). The molecule has 10 heteroatoms. The molecule has 0 aromatic carbocycles. The Bertz CT molecular complexity index is 696. The average Bonchev–Trinajstić information content (AvgIpc) is 2.77. The van der Waals surface area contributed by atoms with Gasteiger partial charge in [-0.3, -0.25) is 0 Å². The Morgan fingerprint density at radius 1 is 1.38 bits per heavy atom. The molecule has 0 saturated carbocycles. The Hall–Kier alpha value is -1.49. The lowest BCUT2D eigenvalue weighted by Gasteiger charge is -2.31. The molecule has 0 aliphatic carbocycles. The Labute approximate surface area is 142 Å². The van der Waals surface area contributed by atoms with E-state index in [2.05, 4.69) is 20.6 Å². The molecule has 1 aromatic rings. The van der Waals surface area contributed by atoms with Gasteiger partial charge in [0.25, 0.3) is 0 Å². The molecule has 0 amide bonds. The normalized spacial score (nSPS) is 22.6. The Morgan fingerprint density at radius 2 is 2.17 bits per heavy atom. The molecule has 0 radical (unpaired) electrons. The van der Waals surface area contributed by atoms with Crippen LogP contribution in [0.2, 0.25) is 0 Å². The molecule has 1 unspecified atom stereocenters. The number of hydrogen-bond acceptors (Lipinski definition) is 8. The number of morpholine rings is 1. The number of fused-ring (bicyclic) bond motifs is 1. The zero-order valence-electron chi connectivity index (χ0n) is 13.8. The van der Waals surface area contributed by atoms with Crippen molar-refractivity contribution in [3.05, 3.63) is 11.3 Å². The summed E-state index contributed by atoms with van der Waals surface area (Å²) in [5, 5.41) is 6.61. The lowest BCUT2D eigenvalue weighted by molar-refractivity contribution is 0.00699. The van der Waals surface area contributed by atoms with Crippen LogP contribution in [-0.2, 0) is 27.6 Å². The minimum Gasteiger partial charge on any atom is -0.374 e. The van der Waals surface area contributed by atoms with Gasteiger partial charge in [-0.2, -0.15) is 9.29 Å². The number of anilines is 2. The summed E-state index contributed by atoms with van der Waals surface area (Å²) < 4.78 is 30.5. The molecule has 1 saturated heterocycles. The maximum Gasteiger partial charge on any atom is 0.222 e. The van der Waals surface area contributed by atoms with Crippen molar-refractivity contribution in [3.8, 4) is 0 Å². The molecule has 1 aromatic heterocycles. The monoisotopic (exact) mass is 356 g/mol. The van der Waals surface area contributed by atoms with Gasteiger partial charge in [0, 0.05) is 38.2 Å². The van der Waals surface area contributed by atoms with E-state index in [1.54, 1.807) is 0 Å². The van der Waals surface area contributed by atoms with Crippen molar-refractivity contribution in [2.24, 2.45) is 0 Å². The van der Waals surface area contributed by atoms with Crippen LogP contribution in [0, 0.1) is 0 Å². The van der Waals surface area contributed by atoms with E-state index >= 15 is 0 Å². The number of nitrogen functional groups attached to an aromatic ring is 1. The molecule has 4 N–H and O–H groups in total. The summed E-state index contributed by atoms with van der Waals surface area (Å²) in [6, 6.07) is 0. The van der Waals surface area contributed by atoms with Crippen LogP contribution in [0.15, 0.2) is 0 Å². The third-order valence-electron chi connectivity index (χ3n) is 4.27. The smallest absolute Gasteiger partial charge is 0.222 e. The zero-order chi connectivity index (χ0) is 17.2. The summed E-state index contributed by atoms with van der Waals surface area (Å²) in [6.45, 7) is 3.36. The first-order valence-corrected chi connectivity index (χ1v) is 9.95. The molecule has 1 atom stereocenters. The van der Waals surface area contributed by atoms with Gasteiger partial charge in [-0.05, 0) is 13.0 Å². The molecular weight excluding hydrogens is 332 g/mol. The molecule has 1 fully saturated rings. The third kappa shape index (κ3) is 4.12. The van der Waals surface area contributed by atoms with Gasteiger partial charge in [-0.15, -0.1) is 0 Å². The van der Waals surface area contributed by atoms with Gasteiger partial charge in [0.15, 0.2) is 0 Å². The summed E-state index contributed by atoms with van der Waals surface area (Å²) in [6.07, 6.45) is 2.65. The first-order chi connectivity index (χ1) is 11.4. The predicted molar refractivity (Wildman–Crippen MR) is 91.4 cm³/mol. The van der Waals surface area contributed by atoms with Crippen molar-refractivity contribution in [2.75, 3.05) is 56.6 Å². The zero-order valence-corrected chi connectivity index (χ0v) is 14.6. The van der Waals surface area contributed by atoms with Gasteiger partial charge in [0.2, 0.25) is 16.0 Å². The Balaban J connectivity index is 1.69. The molecule has 2 aliphatic rings. The van der Waals surface area contributed by atoms with E-state index in [1.807, 2.05) is 0 Å². The van der Waals surface area contributed by atoms with Gasteiger partial charge < -0.3 is 21.1 Å². The van der Waals surface area contributed by atoms with Crippen LogP contribution in [0.1, 0.15) is 11.3 Å². The van der Waals surface area contributed by atoms with E-state index in [4.69, 9.17) is 10.5 Å². The average molecular weight is 356 g/mol. The predicted octanol–water partition coefficient (Wildman–Crippen LogP) is -1.18. The molecule has 134 valence electrons. The molecule has 24 heavy (non-hydrogen) atoms. The Kier molecular flexibility index (Phi) is 5.18. The van der Waals surface area contributed by atoms with Crippen molar-refractivity contribution >= 4 is 21.8 Å². The number of sulfonamides is 1. The van der Waals surface area contributed by atoms with E-state index in [0.717, 1.165) is 43.0 Å². The van der Waals surface area contributed by atoms with Gasteiger partial charge in [-0.25, -0.2) is 13.4 Å². The topological polar surface area (TPSA) is 122 Å².